The number of rotatable bonds is 3. The lowest BCUT2D eigenvalue weighted by Gasteiger charge is -2.29. The van der Waals surface area contributed by atoms with Gasteiger partial charge in [0.05, 0.1) is 16.5 Å². The van der Waals surface area contributed by atoms with Crippen LogP contribution >= 0.6 is 11.6 Å². The molecule has 0 saturated carbocycles. The maximum absolute atomic E-state index is 13.8. The molecule has 2 aromatic carbocycles. The van der Waals surface area contributed by atoms with Gasteiger partial charge in [-0.05, 0) is 42.5 Å². The van der Waals surface area contributed by atoms with E-state index in [0.717, 1.165) is 29.6 Å². The highest BCUT2D eigenvalue weighted by molar-refractivity contribution is 6.35. The van der Waals surface area contributed by atoms with Gasteiger partial charge < -0.3 is 9.88 Å². The summed E-state index contributed by atoms with van der Waals surface area (Å²) in [4.78, 5) is 40.5. The van der Waals surface area contributed by atoms with Crippen LogP contribution in [0.5, 0.6) is 0 Å². The van der Waals surface area contributed by atoms with Crippen LogP contribution in [0.15, 0.2) is 82.8 Å². The van der Waals surface area contributed by atoms with E-state index in [2.05, 4.69) is 19.9 Å². The van der Waals surface area contributed by atoms with Gasteiger partial charge in [-0.15, -0.1) is 0 Å². The van der Waals surface area contributed by atoms with Crippen molar-refractivity contribution in [3.05, 3.63) is 104 Å². The lowest BCUT2D eigenvalue weighted by molar-refractivity contribution is 0.662. The van der Waals surface area contributed by atoms with Crippen molar-refractivity contribution in [2.45, 2.75) is 18.9 Å². The van der Waals surface area contributed by atoms with E-state index < -0.39 is 0 Å². The summed E-state index contributed by atoms with van der Waals surface area (Å²) in [5.74, 6) is 0.576. The van der Waals surface area contributed by atoms with Gasteiger partial charge in [0.25, 0.3) is 5.56 Å². The number of hydrogen-bond acceptors (Lipinski definition) is 5. The number of H-pyrrole nitrogens is 1. The van der Waals surface area contributed by atoms with Gasteiger partial charge in [0, 0.05) is 30.2 Å². The van der Waals surface area contributed by atoms with E-state index in [0.29, 0.717) is 33.8 Å². The van der Waals surface area contributed by atoms with Crippen molar-refractivity contribution >= 4 is 39.2 Å². The van der Waals surface area contributed by atoms with Crippen molar-refractivity contribution in [2.75, 3.05) is 11.4 Å². The van der Waals surface area contributed by atoms with E-state index in [4.69, 9.17) is 11.6 Å². The fraction of sp³-hybridized carbons (Fsp3) is 0.154. The van der Waals surface area contributed by atoms with Crippen LogP contribution in [0.4, 0.5) is 5.82 Å². The van der Waals surface area contributed by atoms with E-state index >= 15 is 0 Å². The third-order valence-electron chi connectivity index (χ3n) is 6.43. The van der Waals surface area contributed by atoms with Gasteiger partial charge >= 0.3 is 0 Å². The molecular weight excluding hydrogens is 450 g/mol. The molecule has 1 saturated heterocycles. The molecule has 3 aromatic heterocycles. The molecule has 4 heterocycles. The minimum absolute atomic E-state index is 0.138. The maximum atomic E-state index is 13.8. The first-order chi connectivity index (χ1) is 16.6. The first kappa shape index (κ1) is 20.6. The third-order valence-corrected chi connectivity index (χ3v) is 6.75. The normalized spacial score (nSPS) is 15.9. The Morgan fingerprint density at radius 3 is 2.68 bits per heavy atom. The summed E-state index contributed by atoms with van der Waals surface area (Å²) in [6.07, 6.45) is 4.77. The molecule has 5 aromatic rings. The minimum Gasteiger partial charge on any atom is -0.347 e. The molecule has 1 N–H and O–H groups in total. The molecule has 34 heavy (non-hydrogen) atoms. The Morgan fingerprint density at radius 1 is 0.971 bits per heavy atom. The molecule has 1 aliphatic heterocycles. The molecule has 1 atom stereocenters. The first-order valence-electron chi connectivity index (χ1n) is 11.1. The minimum atomic E-state index is -0.165. The third kappa shape index (κ3) is 3.20. The van der Waals surface area contributed by atoms with E-state index in [1.165, 1.54) is 12.4 Å². The highest BCUT2D eigenvalue weighted by Crippen LogP contribution is 2.38. The number of hydrogen-bond donors (Lipinski definition) is 1. The van der Waals surface area contributed by atoms with Crippen LogP contribution in [0.3, 0.4) is 0 Å². The number of nitrogens with zero attached hydrogens (tertiary/aromatic N) is 4. The fourth-order valence-corrected chi connectivity index (χ4v) is 5.23. The molecule has 168 valence electrons. The van der Waals surface area contributed by atoms with Crippen molar-refractivity contribution in [1.82, 2.24) is 19.5 Å². The Labute approximate surface area is 199 Å². The lowest BCUT2D eigenvalue weighted by atomic mass is 10.0. The van der Waals surface area contributed by atoms with Gasteiger partial charge in [-0.2, -0.15) is 0 Å². The molecule has 7 nitrogen and oxygen atoms in total. The van der Waals surface area contributed by atoms with Crippen LogP contribution in [0.2, 0.25) is 5.02 Å². The fourth-order valence-electron chi connectivity index (χ4n) is 4.97. The zero-order chi connectivity index (χ0) is 23.2. The zero-order valence-corrected chi connectivity index (χ0v) is 18.9. The van der Waals surface area contributed by atoms with Crippen LogP contribution in [0.1, 0.15) is 24.6 Å². The van der Waals surface area contributed by atoms with Crippen LogP contribution < -0.4 is 15.9 Å². The lowest BCUT2D eigenvalue weighted by Crippen LogP contribution is -2.31. The summed E-state index contributed by atoms with van der Waals surface area (Å²) in [6.45, 7) is 0.710. The second-order valence-corrected chi connectivity index (χ2v) is 8.77. The number of anilines is 1. The highest BCUT2D eigenvalue weighted by Gasteiger charge is 2.32. The number of pyridine rings is 2. The van der Waals surface area contributed by atoms with Gasteiger partial charge in [-0.1, -0.05) is 41.9 Å². The molecule has 0 unspecified atom stereocenters. The molecule has 0 radical (unpaired) electrons. The van der Waals surface area contributed by atoms with Gasteiger partial charge in [0.15, 0.2) is 5.43 Å². The van der Waals surface area contributed by atoms with Gasteiger partial charge in [0.1, 0.15) is 23.2 Å². The topological polar surface area (TPSA) is 83.9 Å². The summed E-state index contributed by atoms with van der Waals surface area (Å²) in [6, 6.07) is 18.4. The smallest absolute Gasteiger partial charge is 0.264 e. The number of nitrogens with one attached hydrogen (secondary N) is 1. The highest BCUT2D eigenvalue weighted by atomic mass is 35.5. The summed E-state index contributed by atoms with van der Waals surface area (Å²) in [5.41, 5.74) is 1.79. The van der Waals surface area contributed by atoms with Crippen LogP contribution in [-0.4, -0.2) is 26.1 Å². The van der Waals surface area contributed by atoms with E-state index in [-0.39, 0.29) is 17.0 Å². The van der Waals surface area contributed by atoms with E-state index in [1.807, 2.05) is 48.5 Å². The quantitative estimate of drug-likeness (QED) is 0.417. The molecule has 1 aliphatic rings. The van der Waals surface area contributed by atoms with Crippen LogP contribution in [0, 0.1) is 0 Å². The van der Waals surface area contributed by atoms with Crippen LogP contribution in [0.25, 0.3) is 27.5 Å². The Hall–Kier alpha value is -3.97. The molecule has 0 bridgehead atoms. The molecular formula is C26H20ClN5O2. The summed E-state index contributed by atoms with van der Waals surface area (Å²) < 4.78 is 1.74. The Kier molecular flexibility index (Phi) is 4.92. The Bertz CT molecular complexity index is 1660. The van der Waals surface area contributed by atoms with Crippen molar-refractivity contribution in [2.24, 2.45) is 0 Å². The van der Waals surface area contributed by atoms with Crippen LogP contribution in [-0.2, 0) is 0 Å². The summed E-state index contributed by atoms with van der Waals surface area (Å²) in [7, 11) is 0. The number of benzene rings is 2. The molecule has 6 rings (SSSR count). The predicted octanol–water partition coefficient (Wildman–Crippen LogP) is 4.62. The number of fused-ring (bicyclic) bond motifs is 2. The SMILES string of the molecule is O=c1cc[nH]c2ncnc(N3CCC[C@H]3c3cc4cccc(Cl)c4c(=O)n3-c3ccccc3)c12. The first-order valence-corrected chi connectivity index (χ1v) is 11.5. The number of aromatic nitrogens is 4. The van der Waals surface area contributed by atoms with Crippen molar-refractivity contribution < 1.29 is 0 Å². The average Bonchev–Trinajstić information content (AvgIpc) is 3.34. The predicted molar refractivity (Wildman–Crippen MR) is 134 cm³/mol. The Balaban J connectivity index is 1.63. The second kappa shape index (κ2) is 8.11. The number of para-hydroxylation sites is 1. The average molecular weight is 470 g/mol. The second-order valence-electron chi connectivity index (χ2n) is 8.36. The number of aromatic amines is 1. The zero-order valence-electron chi connectivity index (χ0n) is 18.1. The van der Waals surface area contributed by atoms with Gasteiger partial charge in [-0.25, -0.2) is 9.97 Å². The summed E-state index contributed by atoms with van der Waals surface area (Å²) in [5, 5.41) is 2.16. The monoisotopic (exact) mass is 469 g/mol. The van der Waals surface area contributed by atoms with Crippen molar-refractivity contribution in [1.29, 1.82) is 0 Å². The van der Waals surface area contributed by atoms with Crippen molar-refractivity contribution in [3.8, 4) is 5.69 Å². The maximum Gasteiger partial charge on any atom is 0.264 e. The molecule has 0 aliphatic carbocycles. The molecule has 0 spiro atoms. The largest absolute Gasteiger partial charge is 0.347 e. The standard InChI is InChI=1S/C26H20ClN5O2/c27-18-9-4-6-16-14-20(32(26(34)22(16)18)17-7-2-1-3-8-17)19-10-5-13-31(19)25-23-21(33)11-12-28-24(23)29-15-30-25/h1-4,6-9,11-12,14-15,19H,5,10,13H2,(H,28,29,30,33)/t19-/m0/s1. The molecule has 1 fully saturated rings. The summed E-state index contributed by atoms with van der Waals surface area (Å²) >= 11 is 6.46. The Morgan fingerprint density at radius 2 is 1.82 bits per heavy atom. The molecule has 0 amide bonds. The van der Waals surface area contributed by atoms with Crippen molar-refractivity contribution in [3.63, 3.8) is 0 Å². The van der Waals surface area contributed by atoms with Gasteiger partial charge in [-0.3, -0.25) is 14.2 Å². The molecule has 8 heteroatoms. The van der Waals surface area contributed by atoms with E-state index in [1.54, 1.807) is 16.8 Å². The van der Waals surface area contributed by atoms with E-state index in [9.17, 15) is 9.59 Å². The van der Waals surface area contributed by atoms with Gasteiger partial charge in [0.2, 0.25) is 0 Å². The number of halogens is 1.